The number of aromatic nitrogens is 5. The summed E-state index contributed by atoms with van der Waals surface area (Å²) in [6.07, 6.45) is 11.5. The van der Waals surface area contributed by atoms with Crippen LogP contribution in [0.4, 0.5) is 11.6 Å². The number of aryl methyl sites for hydroxylation is 1. The number of hydrogen-bond donors (Lipinski definition) is 3. The van der Waals surface area contributed by atoms with E-state index in [9.17, 15) is 4.79 Å². The topological polar surface area (TPSA) is 101 Å². The lowest BCUT2D eigenvalue weighted by Crippen LogP contribution is -2.27. The number of anilines is 2. The molecule has 3 aromatic rings. The van der Waals surface area contributed by atoms with Gasteiger partial charge in [-0.05, 0) is 31.7 Å². The first-order valence-electron chi connectivity index (χ1n) is 9.51. The molecule has 3 aromatic heterocycles. The van der Waals surface area contributed by atoms with Crippen molar-refractivity contribution >= 4 is 28.6 Å². The number of rotatable bonds is 8. The molecular weight excluding hydrogens is 342 g/mol. The zero-order chi connectivity index (χ0) is 18.8. The van der Waals surface area contributed by atoms with Crippen LogP contribution in [0.5, 0.6) is 0 Å². The van der Waals surface area contributed by atoms with Gasteiger partial charge in [-0.15, -0.1) is 0 Å². The summed E-state index contributed by atoms with van der Waals surface area (Å²) in [5.41, 5.74) is 2.65. The van der Waals surface area contributed by atoms with Gasteiger partial charge in [0.1, 0.15) is 11.7 Å². The fourth-order valence-electron chi connectivity index (χ4n) is 3.29. The molecule has 1 fully saturated rings. The Bertz CT molecular complexity index is 941. The minimum absolute atomic E-state index is 0.0911. The average Bonchev–Trinajstić information content (AvgIpc) is 3.17. The molecular formula is C19H25N7O. The van der Waals surface area contributed by atoms with Crippen LogP contribution in [0.3, 0.4) is 0 Å². The standard InChI is InChI=1S/C19H25N7O/c1-12(18(27)20-2)26-11-14(10-22-26)23-19-24-16(5-3-4-13-6-7-13)15-8-9-21-17(15)25-19/h8-13H,3-7H2,1-2H3,(H,20,27)(H2,21,23,24,25). The first kappa shape index (κ1) is 17.5. The van der Waals surface area contributed by atoms with E-state index >= 15 is 0 Å². The second-order valence-corrected chi connectivity index (χ2v) is 7.19. The highest BCUT2D eigenvalue weighted by atomic mass is 16.2. The quantitative estimate of drug-likeness (QED) is 0.568. The normalized spacial score (nSPS) is 15.0. The van der Waals surface area contributed by atoms with Crippen LogP contribution in [0.1, 0.15) is 44.3 Å². The molecule has 1 atom stereocenters. The Balaban J connectivity index is 1.51. The zero-order valence-electron chi connectivity index (χ0n) is 15.7. The van der Waals surface area contributed by atoms with Crippen molar-refractivity contribution < 1.29 is 4.79 Å². The van der Waals surface area contributed by atoms with Gasteiger partial charge in [-0.25, -0.2) is 4.98 Å². The number of likely N-dealkylation sites (N-methyl/N-ethyl adjacent to an activating group) is 1. The molecule has 0 aliphatic heterocycles. The highest BCUT2D eigenvalue weighted by molar-refractivity contribution is 5.80. The molecule has 1 aliphatic rings. The van der Waals surface area contributed by atoms with E-state index in [0.29, 0.717) is 5.95 Å². The van der Waals surface area contributed by atoms with Crippen molar-refractivity contribution in [1.82, 2.24) is 30.0 Å². The van der Waals surface area contributed by atoms with Gasteiger partial charge in [0.25, 0.3) is 0 Å². The van der Waals surface area contributed by atoms with Gasteiger partial charge in [0.05, 0.1) is 17.6 Å². The lowest BCUT2D eigenvalue weighted by molar-refractivity contribution is -0.123. The Morgan fingerprint density at radius 1 is 1.41 bits per heavy atom. The lowest BCUT2D eigenvalue weighted by atomic mass is 10.1. The lowest BCUT2D eigenvalue weighted by Gasteiger charge is -2.10. The molecule has 0 aromatic carbocycles. The highest BCUT2D eigenvalue weighted by Crippen LogP contribution is 2.34. The summed E-state index contributed by atoms with van der Waals surface area (Å²) in [7, 11) is 1.62. The maximum absolute atomic E-state index is 11.8. The molecule has 1 saturated carbocycles. The first-order valence-corrected chi connectivity index (χ1v) is 9.51. The Morgan fingerprint density at radius 2 is 2.26 bits per heavy atom. The van der Waals surface area contributed by atoms with Crippen molar-refractivity contribution in [2.75, 3.05) is 12.4 Å². The van der Waals surface area contributed by atoms with Crippen LogP contribution in [-0.4, -0.2) is 37.7 Å². The maximum Gasteiger partial charge on any atom is 0.244 e. The smallest absolute Gasteiger partial charge is 0.244 e. The summed E-state index contributed by atoms with van der Waals surface area (Å²) >= 11 is 0. The predicted octanol–water partition coefficient (Wildman–Crippen LogP) is 2.94. The van der Waals surface area contributed by atoms with Crippen LogP contribution in [0.15, 0.2) is 24.7 Å². The number of hydrogen-bond acceptors (Lipinski definition) is 5. The minimum Gasteiger partial charge on any atom is -0.357 e. The van der Waals surface area contributed by atoms with Gasteiger partial charge in [0, 0.05) is 24.8 Å². The number of carbonyl (C=O) groups excluding carboxylic acids is 1. The molecule has 8 nitrogen and oxygen atoms in total. The average molecular weight is 367 g/mol. The Kier molecular flexibility index (Phi) is 4.79. The molecule has 0 radical (unpaired) electrons. The first-order chi connectivity index (χ1) is 13.1. The number of H-pyrrole nitrogens is 1. The van der Waals surface area contributed by atoms with E-state index < -0.39 is 0 Å². The number of amides is 1. The van der Waals surface area contributed by atoms with E-state index in [2.05, 4.69) is 25.7 Å². The van der Waals surface area contributed by atoms with Crippen molar-refractivity contribution in [1.29, 1.82) is 0 Å². The van der Waals surface area contributed by atoms with Crippen LogP contribution in [-0.2, 0) is 11.2 Å². The molecule has 1 unspecified atom stereocenters. The van der Waals surface area contributed by atoms with Gasteiger partial charge >= 0.3 is 0 Å². The van der Waals surface area contributed by atoms with Crippen LogP contribution in [0.2, 0.25) is 0 Å². The van der Waals surface area contributed by atoms with Crippen molar-refractivity contribution in [2.24, 2.45) is 5.92 Å². The van der Waals surface area contributed by atoms with Gasteiger partial charge in [0.15, 0.2) is 0 Å². The molecule has 0 bridgehead atoms. The molecule has 1 aliphatic carbocycles. The molecule has 0 spiro atoms. The van der Waals surface area contributed by atoms with Crippen LogP contribution >= 0.6 is 0 Å². The molecule has 27 heavy (non-hydrogen) atoms. The Hall–Kier alpha value is -2.90. The maximum atomic E-state index is 11.8. The minimum atomic E-state index is -0.379. The van der Waals surface area contributed by atoms with Crippen molar-refractivity contribution in [3.8, 4) is 0 Å². The van der Waals surface area contributed by atoms with E-state index in [1.54, 1.807) is 31.0 Å². The largest absolute Gasteiger partial charge is 0.357 e. The number of carbonyl (C=O) groups is 1. The summed E-state index contributed by atoms with van der Waals surface area (Å²) in [6.45, 7) is 1.80. The van der Waals surface area contributed by atoms with Gasteiger partial charge < -0.3 is 15.6 Å². The molecule has 142 valence electrons. The molecule has 1 amide bonds. The van der Waals surface area contributed by atoms with E-state index in [1.807, 2.05) is 12.3 Å². The van der Waals surface area contributed by atoms with E-state index in [-0.39, 0.29) is 11.9 Å². The van der Waals surface area contributed by atoms with Gasteiger partial charge in [-0.2, -0.15) is 10.1 Å². The number of aromatic amines is 1. The van der Waals surface area contributed by atoms with E-state index in [1.165, 1.54) is 19.3 Å². The summed E-state index contributed by atoms with van der Waals surface area (Å²) in [5.74, 6) is 1.38. The third-order valence-corrected chi connectivity index (χ3v) is 5.10. The fraction of sp³-hybridized carbons (Fsp3) is 0.474. The Morgan fingerprint density at radius 3 is 3.04 bits per heavy atom. The van der Waals surface area contributed by atoms with Gasteiger partial charge in [-0.1, -0.05) is 19.3 Å². The SMILES string of the molecule is CNC(=O)C(C)n1cc(Nc2nc(CCCC3CC3)c3cc[nH]c3n2)cn1. The van der Waals surface area contributed by atoms with Crippen LogP contribution < -0.4 is 10.6 Å². The van der Waals surface area contributed by atoms with Crippen molar-refractivity contribution in [2.45, 2.75) is 45.1 Å². The monoisotopic (exact) mass is 367 g/mol. The fourth-order valence-corrected chi connectivity index (χ4v) is 3.29. The van der Waals surface area contributed by atoms with E-state index in [4.69, 9.17) is 4.98 Å². The second-order valence-electron chi connectivity index (χ2n) is 7.19. The van der Waals surface area contributed by atoms with Gasteiger partial charge in [-0.3, -0.25) is 9.48 Å². The zero-order valence-corrected chi connectivity index (χ0v) is 15.7. The predicted molar refractivity (Wildman–Crippen MR) is 104 cm³/mol. The summed E-state index contributed by atoms with van der Waals surface area (Å²) in [6, 6.07) is 1.66. The summed E-state index contributed by atoms with van der Waals surface area (Å²) < 4.78 is 1.62. The van der Waals surface area contributed by atoms with E-state index in [0.717, 1.165) is 41.2 Å². The van der Waals surface area contributed by atoms with Crippen molar-refractivity contribution in [3.63, 3.8) is 0 Å². The number of nitrogens with zero attached hydrogens (tertiary/aromatic N) is 4. The third-order valence-electron chi connectivity index (χ3n) is 5.10. The highest BCUT2D eigenvalue weighted by Gasteiger charge is 2.21. The number of nitrogens with one attached hydrogen (secondary N) is 3. The van der Waals surface area contributed by atoms with Gasteiger partial charge in [0.2, 0.25) is 11.9 Å². The summed E-state index contributed by atoms with van der Waals surface area (Å²) in [5, 5.41) is 11.2. The molecule has 3 N–H and O–H groups in total. The molecule has 3 heterocycles. The molecule has 8 heteroatoms. The number of fused-ring (bicyclic) bond motifs is 1. The van der Waals surface area contributed by atoms with Crippen LogP contribution in [0, 0.1) is 5.92 Å². The molecule has 4 rings (SSSR count). The summed E-state index contributed by atoms with van der Waals surface area (Å²) in [4.78, 5) is 24.2. The van der Waals surface area contributed by atoms with Crippen LogP contribution in [0.25, 0.3) is 11.0 Å². The van der Waals surface area contributed by atoms with Crippen molar-refractivity contribution in [3.05, 3.63) is 30.4 Å². The Labute approximate surface area is 157 Å². The second kappa shape index (κ2) is 7.38. The molecule has 0 saturated heterocycles. The third kappa shape index (κ3) is 3.94.